The van der Waals surface area contributed by atoms with Gasteiger partial charge in [-0.1, -0.05) is 206 Å². The average Bonchev–Trinajstić information content (AvgIpc) is 3.74. The van der Waals surface area contributed by atoms with Crippen LogP contribution in [0.2, 0.25) is 0 Å². The molecule has 0 fully saturated rings. The summed E-state index contributed by atoms with van der Waals surface area (Å²) in [4.78, 5) is 2.47. The van der Waals surface area contributed by atoms with E-state index in [0.29, 0.717) is 0 Å². The van der Waals surface area contributed by atoms with Crippen LogP contribution in [0.25, 0.3) is 82.8 Å². The molecule has 0 saturated heterocycles. The number of anilines is 3. The van der Waals surface area contributed by atoms with E-state index in [1.807, 2.05) is 0 Å². The monoisotopic (exact) mass is 866 g/mol. The maximum Gasteiger partial charge on any atom is 0.0576 e. The number of para-hydroxylation sites is 3. The van der Waals surface area contributed by atoms with Crippen molar-refractivity contribution in [2.45, 2.75) is 12.8 Å². The van der Waals surface area contributed by atoms with Crippen molar-refractivity contribution in [3.63, 3.8) is 0 Å². The average molecular weight is 867 g/mol. The van der Waals surface area contributed by atoms with E-state index >= 15 is 0 Å². The Balaban J connectivity index is 1.05. The molecular weight excluding hydrogens is 821 g/mol. The fourth-order valence-corrected chi connectivity index (χ4v) is 10.9. The van der Waals surface area contributed by atoms with Crippen molar-refractivity contribution >= 4 is 49.6 Å². The molecule has 12 aromatic rings. The molecule has 11 aromatic carbocycles. The van der Waals surface area contributed by atoms with Crippen molar-refractivity contribution in [1.29, 1.82) is 0 Å². The van der Waals surface area contributed by atoms with E-state index in [1.54, 1.807) is 0 Å². The molecule has 2 nitrogen and oxygen atoms in total. The van der Waals surface area contributed by atoms with Crippen LogP contribution < -0.4 is 4.90 Å². The molecule has 0 atom stereocenters. The van der Waals surface area contributed by atoms with Gasteiger partial charge in [-0.2, -0.15) is 0 Å². The van der Waals surface area contributed by atoms with Gasteiger partial charge < -0.3 is 9.47 Å². The van der Waals surface area contributed by atoms with Crippen LogP contribution in [0.5, 0.6) is 0 Å². The predicted molar refractivity (Wildman–Crippen MR) is 287 cm³/mol. The van der Waals surface area contributed by atoms with Gasteiger partial charge in [-0.05, 0) is 121 Å². The maximum absolute atomic E-state index is 2.56. The molecule has 0 bridgehead atoms. The topological polar surface area (TPSA) is 8.17 Å². The highest BCUT2D eigenvalue weighted by Gasteiger charge is 2.24. The SMILES string of the molecule is c1ccc(-c2cccc(-c3ccccc3N(c3ccc(-c4cccc5ccccc45)cc3)c3ccc4c(c3)Cc3ccccc3-c3ccccc3Cc3cccc5c6ccccc6n-4c35)c2)cc1. The summed E-state index contributed by atoms with van der Waals surface area (Å²) in [6, 6.07) is 94.1. The molecule has 1 aliphatic rings. The van der Waals surface area contributed by atoms with E-state index in [4.69, 9.17) is 0 Å². The highest BCUT2D eigenvalue weighted by atomic mass is 15.1. The molecule has 68 heavy (non-hydrogen) atoms. The Hall–Kier alpha value is -8.72. The number of rotatable bonds is 6. The Labute approximate surface area is 397 Å². The summed E-state index contributed by atoms with van der Waals surface area (Å²) in [6.07, 6.45) is 1.58. The second-order valence-corrected chi connectivity index (χ2v) is 18.0. The highest BCUT2D eigenvalue weighted by molar-refractivity contribution is 6.10. The lowest BCUT2D eigenvalue weighted by molar-refractivity contribution is 1.08. The van der Waals surface area contributed by atoms with Gasteiger partial charge in [0.05, 0.1) is 16.7 Å². The molecule has 13 rings (SSSR count). The number of hydrogen-bond acceptors (Lipinski definition) is 1. The molecule has 0 unspecified atom stereocenters. The smallest absolute Gasteiger partial charge is 0.0576 e. The van der Waals surface area contributed by atoms with Gasteiger partial charge in [-0.25, -0.2) is 0 Å². The second-order valence-electron chi connectivity index (χ2n) is 18.0. The van der Waals surface area contributed by atoms with Crippen LogP contribution in [0.15, 0.2) is 255 Å². The van der Waals surface area contributed by atoms with Crippen molar-refractivity contribution in [3.8, 4) is 50.2 Å². The van der Waals surface area contributed by atoms with Crippen LogP contribution in [-0.2, 0) is 12.8 Å². The van der Waals surface area contributed by atoms with E-state index in [0.717, 1.165) is 35.5 Å². The molecule has 0 aliphatic carbocycles. The van der Waals surface area contributed by atoms with E-state index in [-0.39, 0.29) is 0 Å². The summed E-state index contributed by atoms with van der Waals surface area (Å²) < 4.78 is 2.56. The van der Waals surface area contributed by atoms with E-state index < -0.39 is 0 Å². The maximum atomic E-state index is 2.56. The molecule has 320 valence electrons. The Morgan fingerprint density at radius 1 is 0.309 bits per heavy atom. The molecule has 1 aromatic heterocycles. The van der Waals surface area contributed by atoms with Crippen LogP contribution in [-0.4, -0.2) is 4.57 Å². The second kappa shape index (κ2) is 16.6. The van der Waals surface area contributed by atoms with E-state index in [1.165, 1.54) is 99.5 Å². The van der Waals surface area contributed by atoms with Gasteiger partial charge >= 0.3 is 0 Å². The first-order chi connectivity index (χ1) is 33.7. The Kier molecular flexibility index (Phi) is 9.68. The van der Waals surface area contributed by atoms with Crippen LogP contribution in [0, 0.1) is 0 Å². The van der Waals surface area contributed by atoms with Gasteiger partial charge in [0.2, 0.25) is 0 Å². The zero-order chi connectivity index (χ0) is 45.0. The zero-order valence-electron chi connectivity index (χ0n) is 37.6. The van der Waals surface area contributed by atoms with Crippen LogP contribution in [0.4, 0.5) is 17.1 Å². The van der Waals surface area contributed by atoms with Gasteiger partial charge in [0.25, 0.3) is 0 Å². The third-order valence-corrected chi connectivity index (χ3v) is 14.1. The molecule has 2 heteroatoms. The van der Waals surface area contributed by atoms with Crippen LogP contribution in [0.3, 0.4) is 0 Å². The van der Waals surface area contributed by atoms with Gasteiger partial charge in [0.1, 0.15) is 0 Å². The third kappa shape index (κ3) is 6.81. The molecule has 1 aliphatic heterocycles. The molecule has 0 radical (unpaired) electrons. The van der Waals surface area contributed by atoms with E-state index in [2.05, 4.69) is 264 Å². The van der Waals surface area contributed by atoms with Crippen molar-refractivity contribution in [2.24, 2.45) is 0 Å². The Bertz CT molecular complexity index is 3850. The molecule has 0 amide bonds. The van der Waals surface area contributed by atoms with Crippen molar-refractivity contribution in [2.75, 3.05) is 4.90 Å². The lowest BCUT2D eigenvalue weighted by Crippen LogP contribution is -2.13. The fraction of sp³-hybridized carbons (Fsp3) is 0.0303. The Morgan fingerprint density at radius 3 is 1.69 bits per heavy atom. The number of aromatic nitrogens is 1. The number of fused-ring (bicyclic) bond motifs is 9. The normalized spacial score (nSPS) is 12.0. The van der Waals surface area contributed by atoms with E-state index in [9.17, 15) is 0 Å². The standard InChI is InChI=1S/C66H46N2/c1-2-17-45(18-3-1)48-23-14-24-51(41-48)60-29-10-12-33-64(60)67(54-37-35-47(36-38-54)57-31-15-22-46-19-4-7-26-56(46)57)55-39-40-63-53(44-55)43-50-21-6-9-28-59(50)58-27-8-5-20-49(58)42-52-25-16-32-62-61-30-11-13-34-65(61)68(63)66(52)62/h1-41,44H,42-43H2. The van der Waals surface area contributed by atoms with Crippen molar-refractivity contribution in [3.05, 3.63) is 277 Å². The summed E-state index contributed by atoms with van der Waals surface area (Å²) in [5.41, 5.74) is 21.9. The van der Waals surface area contributed by atoms with Gasteiger partial charge in [-0.3, -0.25) is 0 Å². The first-order valence-electron chi connectivity index (χ1n) is 23.7. The lowest BCUT2D eigenvalue weighted by Gasteiger charge is -2.29. The first kappa shape index (κ1) is 39.6. The number of nitrogens with zero attached hydrogens (tertiary/aromatic N) is 2. The number of hydrogen-bond donors (Lipinski definition) is 0. The fourth-order valence-electron chi connectivity index (χ4n) is 10.9. The third-order valence-electron chi connectivity index (χ3n) is 14.1. The number of benzene rings is 11. The minimum Gasteiger partial charge on any atom is -0.310 e. The molecule has 2 heterocycles. The molecule has 0 spiro atoms. The van der Waals surface area contributed by atoms with Crippen molar-refractivity contribution < 1.29 is 0 Å². The highest BCUT2D eigenvalue weighted by Crippen LogP contribution is 2.45. The summed E-state index contributed by atoms with van der Waals surface area (Å²) in [5, 5.41) is 5.04. The minimum atomic E-state index is 0.748. The first-order valence-corrected chi connectivity index (χ1v) is 23.7. The Morgan fingerprint density at radius 2 is 0.868 bits per heavy atom. The predicted octanol–water partition coefficient (Wildman–Crippen LogP) is 17.6. The summed E-state index contributed by atoms with van der Waals surface area (Å²) in [7, 11) is 0. The molecule has 0 N–H and O–H groups in total. The summed E-state index contributed by atoms with van der Waals surface area (Å²) in [5.74, 6) is 0. The van der Waals surface area contributed by atoms with Gasteiger partial charge in [0.15, 0.2) is 0 Å². The van der Waals surface area contributed by atoms with Gasteiger partial charge in [-0.15, -0.1) is 0 Å². The van der Waals surface area contributed by atoms with Crippen molar-refractivity contribution in [1.82, 2.24) is 4.57 Å². The van der Waals surface area contributed by atoms with Gasteiger partial charge in [0, 0.05) is 46.2 Å². The summed E-state index contributed by atoms with van der Waals surface area (Å²) >= 11 is 0. The largest absolute Gasteiger partial charge is 0.310 e. The van der Waals surface area contributed by atoms with Crippen LogP contribution >= 0.6 is 0 Å². The summed E-state index contributed by atoms with van der Waals surface area (Å²) in [6.45, 7) is 0. The minimum absolute atomic E-state index is 0.748. The van der Waals surface area contributed by atoms with Crippen LogP contribution in [0.1, 0.15) is 22.3 Å². The lowest BCUT2D eigenvalue weighted by atomic mass is 9.89. The molecule has 0 saturated carbocycles. The molecular formula is C66H46N2. The zero-order valence-corrected chi connectivity index (χ0v) is 37.6. The quantitative estimate of drug-likeness (QED) is 0.162.